The molecule has 1 atom stereocenters. The van der Waals surface area contributed by atoms with Gasteiger partial charge in [-0.05, 0) is 24.5 Å². The van der Waals surface area contributed by atoms with E-state index in [0.717, 1.165) is 29.4 Å². The van der Waals surface area contributed by atoms with Gasteiger partial charge in [0.05, 0.1) is 12.6 Å². The summed E-state index contributed by atoms with van der Waals surface area (Å²) >= 11 is 0. The van der Waals surface area contributed by atoms with Crippen molar-refractivity contribution in [3.8, 4) is 0 Å². The quantitative estimate of drug-likeness (QED) is 0.775. The van der Waals surface area contributed by atoms with E-state index >= 15 is 0 Å². The second-order valence-electron chi connectivity index (χ2n) is 4.11. The smallest absolute Gasteiger partial charge is 0.143 e. The Kier molecular flexibility index (Phi) is 2.22. The number of hydrogen-bond acceptors (Lipinski definition) is 3. The Balaban J connectivity index is 2.04. The molecule has 1 aliphatic carbocycles. The topological polar surface area (TPSA) is 50.9 Å². The lowest BCUT2D eigenvalue weighted by Gasteiger charge is -2.10. The Bertz CT molecular complexity index is 544. The van der Waals surface area contributed by atoms with Gasteiger partial charge < -0.3 is 9.67 Å². The molecule has 82 valence electrons. The van der Waals surface area contributed by atoms with Gasteiger partial charge in [-0.3, -0.25) is 0 Å². The number of aliphatic hydroxyl groups is 1. The van der Waals surface area contributed by atoms with E-state index in [-0.39, 0.29) is 6.61 Å². The first kappa shape index (κ1) is 9.54. The van der Waals surface area contributed by atoms with Crippen molar-refractivity contribution < 1.29 is 5.11 Å². The molecule has 4 heteroatoms. The zero-order valence-corrected chi connectivity index (χ0v) is 8.87. The molecule has 0 radical (unpaired) electrons. The maximum Gasteiger partial charge on any atom is 0.143 e. The standard InChI is InChI=1S/C12H13N3O/c16-7-9-1-2-11(5-9)15-4-3-10-6-13-8-14-12(10)15/h3-6,8,11,16H,1-2,7H2. The van der Waals surface area contributed by atoms with Crippen LogP contribution in [0.1, 0.15) is 18.9 Å². The maximum atomic E-state index is 9.09. The van der Waals surface area contributed by atoms with Crippen molar-refractivity contribution in [3.63, 3.8) is 0 Å². The van der Waals surface area contributed by atoms with Gasteiger partial charge in [0.1, 0.15) is 12.0 Å². The zero-order valence-electron chi connectivity index (χ0n) is 8.87. The SMILES string of the molecule is OCC1=CC(n2ccc3cncnc32)CC1. The fourth-order valence-electron chi connectivity index (χ4n) is 2.29. The lowest BCUT2D eigenvalue weighted by molar-refractivity contribution is 0.328. The van der Waals surface area contributed by atoms with Crippen molar-refractivity contribution in [2.45, 2.75) is 18.9 Å². The zero-order chi connectivity index (χ0) is 11.0. The van der Waals surface area contributed by atoms with Gasteiger partial charge in [-0.25, -0.2) is 9.97 Å². The van der Waals surface area contributed by atoms with Gasteiger partial charge >= 0.3 is 0 Å². The van der Waals surface area contributed by atoms with Crippen LogP contribution in [0, 0.1) is 0 Å². The number of aromatic nitrogens is 3. The van der Waals surface area contributed by atoms with Crippen LogP contribution in [0.25, 0.3) is 11.0 Å². The molecule has 4 nitrogen and oxygen atoms in total. The lowest BCUT2D eigenvalue weighted by Crippen LogP contribution is -2.02. The average Bonchev–Trinajstić information content (AvgIpc) is 2.94. The number of fused-ring (bicyclic) bond motifs is 1. The van der Waals surface area contributed by atoms with Crippen LogP contribution < -0.4 is 0 Å². The summed E-state index contributed by atoms with van der Waals surface area (Å²) in [5.41, 5.74) is 2.09. The third kappa shape index (κ3) is 1.42. The minimum Gasteiger partial charge on any atom is -0.392 e. The van der Waals surface area contributed by atoms with Gasteiger partial charge in [-0.15, -0.1) is 0 Å². The fourth-order valence-corrected chi connectivity index (χ4v) is 2.29. The molecule has 0 bridgehead atoms. The molecule has 16 heavy (non-hydrogen) atoms. The van der Waals surface area contributed by atoms with E-state index in [2.05, 4.69) is 20.6 Å². The van der Waals surface area contributed by atoms with Crippen LogP contribution >= 0.6 is 0 Å². The van der Waals surface area contributed by atoms with Crippen molar-refractivity contribution in [2.24, 2.45) is 0 Å². The van der Waals surface area contributed by atoms with E-state index < -0.39 is 0 Å². The molecule has 2 aromatic rings. The summed E-state index contributed by atoms with van der Waals surface area (Å²) in [5, 5.41) is 10.2. The summed E-state index contributed by atoms with van der Waals surface area (Å²) in [6.07, 6.45) is 9.60. The molecule has 0 spiro atoms. The largest absolute Gasteiger partial charge is 0.392 e. The highest BCUT2D eigenvalue weighted by atomic mass is 16.3. The van der Waals surface area contributed by atoms with Crippen molar-refractivity contribution in [1.82, 2.24) is 14.5 Å². The number of aliphatic hydroxyl groups excluding tert-OH is 1. The van der Waals surface area contributed by atoms with E-state index in [1.807, 2.05) is 18.5 Å². The third-order valence-electron chi connectivity index (χ3n) is 3.13. The van der Waals surface area contributed by atoms with Crippen LogP contribution in [0.15, 0.2) is 36.4 Å². The van der Waals surface area contributed by atoms with Crippen LogP contribution in [0.3, 0.4) is 0 Å². The van der Waals surface area contributed by atoms with Crippen molar-refractivity contribution in [2.75, 3.05) is 6.61 Å². The molecule has 1 unspecified atom stereocenters. The molecule has 0 saturated heterocycles. The summed E-state index contributed by atoms with van der Waals surface area (Å²) in [6, 6.07) is 2.36. The van der Waals surface area contributed by atoms with Gasteiger partial charge in [0.25, 0.3) is 0 Å². The monoisotopic (exact) mass is 215 g/mol. The second-order valence-corrected chi connectivity index (χ2v) is 4.11. The highest BCUT2D eigenvalue weighted by molar-refractivity contribution is 5.74. The first-order valence-electron chi connectivity index (χ1n) is 5.45. The van der Waals surface area contributed by atoms with Gasteiger partial charge in [0, 0.05) is 17.8 Å². The van der Waals surface area contributed by atoms with Crippen molar-refractivity contribution in [1.29, 1.82) is 0 Å². The van der Waals surface area contributed by atoms with Crippen LogP contribution in [-0.2, 0) is 0 Å². The van der Waals surface area contributed by atoms with E-state index in [0.29, 0.717) is 6.04 Å². The Morgan fingerprint density at radius 2 is 2.44 bits per heavy atom. The van der Waals surface area contributed by atoms with Crippen LogP contribution in [0.5, 0.6) is 0 Å². The van der Waals surface area contributed by atoms with Gasteiger partial charge in [0.15, 0.2) is 0 Å². The summed E-state index contributed by atoms with van der Waals surface area (Å²) in [4.78, 5) is 8.30. The molecule has 0 fully saturated rings. The summed E-state index contributed by atoms with van der Waals surface area (Å²) in [6.45, 7) is 0.171. The highest BCUT2D eigenvalue weighted by Crippen LogP contribution is 2.30. The molecule has 2 aromatic heterocycles. The molecule has 0 saturated carbocycles. The molecular weight excluding hydrogens is 202 g/mol. The Morgan fingerprint density at radius 3 is 3.25 bits per heavy atom. The van der Waals surface area contributed by atoms with E-state index in [1.54, 1.807) is 6.33 Å². The van der Waals surface area contributed by atoms with Crippen LogP contribution in [0.2, 0.25) is 0 Å². The minimum atomic E-state index is 0.171. The summed E-state index contributed by atoms with van der Waals surface area (Å²) in [7, 11) is 0. The second kappa shape index (κ2) is 3.72. The maximum absolute atomic E-state index is 9.09. The average molecular weight is 215 g/mol. The van der Waals surface area contributed by atoms with E-state index in [4.69, 9.17) is 5.11 Å². The molecular formula is C12H13N3O. The molecule has 3 rings (SSSR count). The van der Waals surface area contributed by atoms with Gasteiger partial charge in [-0.1, -0.05) is 6.08 Å². The Hall–Kier alpha value is -1.68. The Morgan fingerprint density at radius 1 is 1.50 bits per heavy atom. The molecule has 0 amide bonds. The lowest BCUT2D eigenvalue weighted by atomic mass is 10.2. The van der Waals surface area contributed by atoms with Gasteiger partial charge in [-0.2, -0.15) is 0 Å². The van der Waals surface area contributed by atoms with E-state index in [9.17, 15) is 0 Å². The first-order chi connectivity index (χ1) is 7.88. The third-order valence-corrected chi connectivity index (χ3v) is 3.13. The van der Waals surface area contributed by atoms with Crippen molar-refractivity contribution >= 4 is 11.0 Å². The molecule has 2 heterocycles. The van der Waals surface area contributed by atoms with Crippen molar-refractivity contribution in [3.05, 3.63) is 36.4 Å². The molecule has 1 N–H and O–H groups in total. The first-order valence-corrected chi connectivity index (χ1v) is 5.45. The summed E-state index contributed by atoms with van der Waals surface area (Å²) < 4.78 is 2.15. The fraction of sp³-hybridized carbons (Fsp3) is 0.333. The number of nitrogens with zero attached hydrogens (tertiary/aromatic N) is 3. The number of rotatable bonds is 2. The number of allylic oxidation sites excluding steroid dienone is 1. The van der Waals surface area contributed by atoms with Crippen LogP contribution in [0.4, 0.5) is 0 Å². The molecule has 0 aromatic carbocycles. The minimum absolute atomic E-state index is 0.171. The van der Waals surface area contributed by atoms with Gasteiger partial charge in [0.2, 0.25) is 0 Å². The molecule has 1 aliphatic rings. The predicted molar refractivity (Wildman–Crippen MR) is 61.0 cm³/mol. The number of hydrogen-bond donors (Lipinski definition) is 1. The van der Waals surface area contributed by atoms with Crippen LogP contribution in [-0.4, -0.2) is 26.2 Å². The normalized spacial score (nSPS) is 20.3. The predicted octanol–water partition coefficient (Wildman–Crippen LogP) is 1.68. The Labute approximate surface area is 93.3 Å². The summed E-state index contributed by atoms with van der Waals surface area (Å²) in [5.74, 6) is 0. The van der Waals surface area contributed by atoms with E-state index in [1.165, 1.54) is 0 Å². The molecule has 0 aliphatic heterocycles. The highest BCUT2D eigenvalue weighted by Gasteiger charge is 2.18.